The summed E-state index contributed by atoms with van der Waals surface area (Å²) in [6.45, 7) is 6.09. The van der Waals surface area contributed by atoms with E-state index in [9.17, 15) is 0 Å². The van der Waals surface area contributed by atoms with Crippen molar-refractivity contribution in [1.82, 2.24) is 0 Å². The van der Waals surface area contributed by atoms with Crippen LogP contribution in [-0.4, -0.2) is 62.1 Å². The van der Waals surface area contributed by atoms with Crippen LogP contribution in [0.15, 0.2) is 0 Å². The van der Waals surface area contributed by atoms with Crippen molar-refractivity contribution in [3.05, 3.63) is 0 Å². The van der Waals surface area contributed by atoms with E-state index in [0.29, 0.717) is 0 Å². The Bertz CT molecular complexity index is 42.5. The molecule has 0 radical (unpaired) electrons. The van der Waals surface area contributed by atoms with Gasteiger partial charge in [-0.3, -0.25) is 0 Å². The van der Waals surface area contributed by atoms with Crippen LogP contribution in [0, 0.1) is 0 Å². The third kappa shape index (κ3) is 12.2. The molecule has 0 spiro atoms. The summed E-state index contributed by atoms with van der Waals surface area (Å²) in [5.41, 5.74) is 0. The fraction of sp³-hybridized carbons (Fsp3) is 1.00. The van der Waals surface area contributed by atoms with Crippen LogP contribution in [0.5, 0.6) is 0 Å². The Kier molecular flexibility index (Phi) is 18.5. The quantitative estimate of drug-likeness (QED) is 0.527. The van der Waals surface area contributed by atoms with Crippen molar-refractivity contribution in [3.8, 4) is 0 Å². The first kappa shape index (κ1) is 14.1. The van der Waals surface area contributed by atoms with Crippen LogP contribution < -0.4 is 0 Å². The van der Waals surface area contributed by atoms with E-state index in [4.69, 9.17) is 4.74 Å². The van der Waals surface area contributed by atoms with Gasteiger partial charge in [0.25, 0.3) is 0 Å². The van der Waals surface area contributed by atoms with Crippen LogP contribution in [-0.2, 0) is 4.74 Å². The maximum absolute atomic E-state index is 5.18. The molecule has 0 saturated carbocycles. The van der Waals surface area contributed by atoms with Crippen molar-refractivity contribution in [2.24, 2.45) is 0 Å². The van der Waals surface area contributed by atoms with Gasteiger partial charge in [0.05, 0.1) is 0 Å². The molecule has 0 amide bonds. The van der Waals surface area contributed by atoms with Gasteiger partial charge >= 0.3 is 48.9 Å². The molecule has 2 heteroatoms. The number of hydrogen-bond acceptors (Lipinski definition) is 1. The first-order valence-electron chi connectivity index (χ1n) is 3.99. The monoisotopic (exact) mass is 270 g/mol. The Morgan fingerprint density at radius 3 is 2.20 bits per heavy atom. The number of hydrogen-bond donors (Lipinski definition) is 0. The molecular formula is C8H20BaO. The van der Waals surface area contributed by atoms with Crippen molar-refractivity contribution in [2.45, 2.75) is 39.5 Å². The summed E-state index contributed by atoms with van der Waals surface area (Å²) in [5, 5.41) is 0. The van der Waals surface area contributed by atoms with Crippen molar-refractivity contribution in [3.63, 3.8) is 0 Å². The molecule has 0 aromatic carbocycles. The van der Waals surface area contributed by atoms with Crippen molar-refractivity contribution in [2.75, 3.05) is 13.2 Å². The van der Waals surface area contributed by atoms with Crippen LogP contribution in [0.1, 0.15) is 39.5 Å². The molecule has 0 heterocycles. The van der Waals surface area contributed by atoms with Crippen molar-refractivity contribution >= 4 is 48.9 Å². The van der Waals surface area contributed by atoms with Crippen LogP contribution in [0.3, 0.4) is 0 Å². The summed E-state index contributed by atoms with van der Waals surface area (Å²) in [6, 6.07) is 0. The molecule has 0 atom stereocenters. The molecule has 0 aliphatic carbocycles. The van der Waals surface area contributed by atoms with E-state index in [-0.39, 0.29) is 48.9 Å². The minimum absolute atomic E-state index is 0. The summed E-state index contributed by atoms with van der Waals surface area (Å²) >= 11 is 0. The third-order valence-corrected chi connectivity index (χ3v) is 1.35. The normalized spacial score (nSPS) is 9.00. The predicted molar refractivity (Wildman–Crippen MR) is 49.2 cm³/mol. The average molecular weight is 270 g/mol. The van der Waals surface area contributed by atoms with Gasteiger partial charge in [0.2, 0.25) is 0 Å². The van der Waals surface area contributed by atoms with E-state index in [1.54, 1.807) is 0 Å². The zero-order chi connectivity index (χ0) is 6.95. The Morgan fingerprint density at radius 1 is 1.00 bits per heavy atom. The second-order valence-electron chi connectivity index (χ2n) is 2.26. The molecule has 0 aromatic rings. The zero-order valence-corrected chi connectivity index (χ0v) is 6.65. The number of ether oxygens (including phenoxy) is 1. The third-order valence-electron chi connectivity index (χ3n) is 1.35. The Morgan fingerprint density at radius 2 is 1.70 bits per heavy atom. The molecular weight excluding hydrogens is 249 g/mol. The topological polar surface area (TPSA) is 9.23 Å². The van der Waals surface area contributed by atoms with Gasteiger partial charge in [0.1, 0.15) is 0 Å². The van der Waals surface area contributed by atoms with E-state index in [0.717, 1.165) is 13.2 Å². The minimum atomic E-state index is 0. The van der Waals surface area contributed by atoms with Gasteiger partial charge in [-0.05, 0) is 13.3 Å². The molecule has 0 saturated heterocycles. The van der Waals surface area contributed by atoms with Crippen LogP contribution in [0.2, 0.25) is 0 Å². The maximum atomic E-state index is 5.18. The van der Waals surface area contributed by atoms with Crippen molar-refractivity contribution in [1.29, 1.82) is 0 Å². The predicted octanol–water partition coefficient (Wildman–Crippen LogP) is 1.69. The van der Waals surface area contributed by atoms with E-state index >= 15 is 0 Å². The second kappa shape index (κ2) is 13.1. The van der Waals surface area contributed by atoms with Crippen LogP contribution in [0.4, 0.5) is 0 Å². The fourth-order valence-corrected chi connectivity index (χ4v) is 0.775. The van der Waals surface area contributed by atoms with Gasteiger partial charge in [-0.2, -0.15) is 0 Å². The molecule has 0 fully saturated rings. The number of rotatable bonds is 6. The molecule has 0 N–H and O–H groups in total. The van der Waals surface area contributed by atoms with Crippen LogP contribution >= 0.6 is 0 Å². The zero-order valence-electron chi connectivity index (χ0n) is 6.65. The molecule has 1 nitrogen and oxygen atoms in total. The van der Waals surface area contributed by atoms with Gasteiger partial charge in [0, 0.05) is 13.2 Å². The second-order valence-corrected chi connectivity index (χ2v) is 2.26. The molecule has 0 unspecified atom stereocenters. The standard InChI is InChI=1S/C8H18O.Ba.2H/c1-3-5-6-7-8-9-4-2;;;/h3-8H2,1-2H3;;;. The molecule has 0 aromatic heterocycles. The Balaban J connectivity index is 0. The molecule has 0 bridgehead atoms. The fourth-order valence-electron chi connectivity index (χ4n) is 0.775. The summed E-state index contributed by atoms with van der Waals surface area (Å²) in [7, 11) is 0. The van der Waals surface area contributed by atoms with Gasteiger partial charge in [-0.1, -0.05) is 26.2 Å². The van der Waals surface area contributed by atoms with Gasteiger partial charge < -0.3 is 4.74 Å². The van der Waals surface area contributed by atoms with Crippen LogP contribution in [0.25, 0.3) is 0 Å². The Hall–Kier alpha value is 1.53. The summed E-state index contributed by atoms with van der Waals surface area (Å²) in [6.07, 6.45) is 5.23. The molecule has 60 valence electrons. The SMILES string of the molecule is CCCCCCOCC.[BaH2]. The number of unbranched alkanes of at least 4 members (excludes halogenated alkanes) is 3. The summed E-state index contributed by atoms with van der Waals surface area (Å²) in [5.74, 6) is 0. The summed E-state index contributed by atoms with van der Waals surface area (Å²) < 4.78 is 5.18. The van der Waals surface area contributed by atoms with Gasteiger partial charge in [0.15, 0.2) is 0 Å². The first-order chi connectivity index (χ1) is 4.41. The van der Waals surface area contributed by atoms with E-state index in [2.05, 4.69) is 6.92 Å². The van der Waals surface area contributed by atoms with E-state index in [1.807, 2.05) is 6.92 Å². The molecule has 0 rings (SSSR count). The molecule has 10 heavy (non-hydrogen) atoms. The molecule has 0 aliphatic rings. The first-order valence-corrected chi connectivity index (χ1v) is 3.99. The van der Waals surface area contributed by atoms with Crippen molar-refractivity contribution < 1.29 is 4.74 Å². The van der Waals surface area contributed by atoms with E-state index < -0.39 is 0 Å². The van der Waals surface area contributed by atoms with E-state index in [1.165, 1.54) is 25.7 Å². The molecule has 0 aliphatic heterocycles. The van der Waals surface area contributed by atoms with Gasteiger partial charge in [-0.25, -0.2) is 0 Å². The average Bonchev–Trinajstić information content (AvgIpc) is 1.89. The Labute approximate surface area is 105 Å². The van der Waals surface area contributed by atoms with Gasteiger partial charge in [-0.15, -0.1) is 0 Å². The summed E-state index contributed by atoms with van der Waals surface area (Å²) in [4.78, 5) is 0.